The Bertz CT molecular complexity index is 905. The van der Waals surface area contributed by atoms with E-state index in [0.717, 1.165) is 16.5 Å². The smallest absolute Gasteiger partial charge is 0.243 e. The van der Waals surface area contributed by atoms with E-state index in [2.05, 4.69) is 5.32 Å². The van der Waals surface area contributed by atoms with Crippen LogP contribution in [-0.4, -0.2) is 44.0 Å². The molecule has 2 aromatic carbocycles. The first-order valence-electron chi connectivity index (χ1n) is 9.62. The van der Waals surface area contributed by atoms with Gasteiger partial charge in [0.2, 0.25) is 15.9 Å². The van der Waals surface area contributed by atoms with Crippen LogP contribution in [0.2, 0.25) is 5.02 Å². The van der Waals surface area contributed by atoms with Crippen LogP contribution in [0.25, 0.3) is 0 Å². The third-order valence-electron chi connectivity index (χ3n) is 4.86. The van der Waals surface area contributed by atoms with Crippen molar-refractivity contribution in [1.29, 1.82) is 0 Å². The highest BCUT2D eigenvalue weighted by molar-refractivity contribution is 7.98. The van der Waals surface area contributed by atoms with Crippen molar-refractivity contribution < 1.29 is 13.2 Å². The first-order valence-corrected chi connectivity index (χ1v) is 12.6. The molecule has 0 unspecified atom stereocenters. The highest BCUT2D eigenvalue weighted by Gasteiger charge is 2.33. The minimum Gasteiger partial charge on any atom is -0.355 e. The van der Waals surface area contributed by atoms with E-state index in [1.54, 1.807) is 42.1 Å². The minimum absolute atomic E-state index is 0.0648. The zero-order chi connectivity index (χ0) is 20.7. The molecule has 0 aliphatic carbocycles. The molecule has 1 saturated heterocycles. The second-order valence-electron chi connectivity index (χ2n) is 6.99. The SMILES string of the molecule is O=C(NCCSCc1ccc(Cl)cc1)[C@@H]1CCCN(S(=O)(=O)c2ccccc2)C1. The Morgan fingerprint density at radius 1 is 1.14 bits per heavy atom. The van der Waals surface area contributed by atoms with Gasteiger partial charge < -0.3 is 5.32 Å². The standard InChI is InChI=1S/C21H25ClN2O3S2/c22-19-10-8-17(9-11-19)16-28-14-12-23-21(25)18-5-4-13-24(15-18)29(26,27)20-6-2-1-3-7-20/h1-3,6-11,18H,4-5,12-16H2,(H,23,25)/t18-/m1/s1. The molecule has 1 aliphatic heterocycles. The number of halogens is 1. The molecule has 1 fully saturated rings. The Morgan fingerprint density at radius 3 is 2.59 bits per heavy atom. The average molecular weight is 453 g/mol. The maximum absolute atomic E-state index is 12.8. The summed E-state index contributed by atoms with van der Waals surface area (Å²) >= 11 is 7.62. The number of carbonyl (C=O) groups excluding carboxylic acids is 1. The summed E-state index contributed by atoms with van der Waals surface area (Å²) in [6.07, 6.45) is 1.40. The molecule has 1 atom stereocenters. The monoisotopic (exact) mass is 452 g/mol. The molecule has 0 radical (unpaired) electrons. The average Bonchev–Trinajstić information content (AvgIpc) is 2.75. The number of sulfonamides is 1. The van der Waals surface area contributed by atoms with Crippen molar-refractivity contribution in [3.05, 3.63) is 65.2 Å². The van der Waals surface area contributed by atoms with Crippen molar-refractivity contribution in [3.8, 4) is 0 Å². The minimum atomic E-state index is -3.55. The van der Waals surface area contributed by atoms with Crippen LogP contribution >= 0.6 is 23.4 Å². The fourth-order valence-electron chi connectivity index (χ4n) is 3.28. The van der Waals surface area contributed by atoms with Gasteiger partial charge in [0.15, 0.2) is 0 Å². The predicted octanol–water partition coefficient (Wildman–Crippen LogP) is 3.79. The summed E-state index contributed by atoms with van der Waals surface area (Å²) in [6.45, 7) is 1.26. The second kappa shape index (κ2) is 10.5. The van der Waals surface area contributed by atoms with Gasteiger partial charge in [-0.3, -0.25) is 4.79 Å². The van der Waals surface area contributed by atoms with Gasteiger partial charge in [0.05, 0.1) is 10.8 Å². The van der Waals surface area contributed by atoms with E-state index in [9.17, 15) is 13.2 Å². The molecule has 1 amide bonds. The number of rotatable bonds is 8. The van der Waals surface area contributed by atoms with Crippen LogP contribution in [0.5, 0.6) is 0 Å². The molecule has 29 heavy (non-hydrogen) atoms. The van der Waals surface area contributed by atoms with Gasteiger partial charge >= 0.3 is 0 Å². The normalized spacial score (nSPS) is 17.8. The molecule has 3 rings (SSSR count). The van der Waals surface area contributed by atoms with Crippen LogP contribution in [0.15, 0.2) is 59.5 Å². The van der Waals surface area contributed by atoms with Crippen molar-refractivity contribution in [1.82, 2.24) is 9.62 Å². The Kier molecular flexibility index (Phi) is 8.00. The van der Waals surface area contributed by atoms with Gasteiger partial charge in [-0.25, -0.2) is 8.42 Å². The summed E-state index contributed by atoms with van der Waals surface area (Å²) in [5, 5.41) is 3.68. The van der Waals surface area contributed by atoms with Gasteiger partial charge in [-0.05, 0) is 42.7 Å². The lowest BCUT2D eigenvalue weighted by Gasteiger charge is -2.31. The molecule has 0 saturated carbocycles. The van der Waals surface area contributed by atoms with Crippen LogP contribution < -0.4 is 5.32 Å². The lowest BCUT2D eigenvalue weighted by atomic mass is 9.99. The van der Waals surface area contributed by atoms with Crippen LogP contribution in [-0.2, 0) is 20.6 Å². The largest absolute Gasteiger partial charge is 0.355 e. The molecular weight excluding hydrogens is 428 g/mol. The zero-order valence-electron chi connectivity index (χ0n) is 16.1. The van der Waals surface area contributed by atoms with Crippen LogP contribution in [0, 0.1) is 5.92 Å². The summed E-state index contributed by atoms with van der Waals surface area (Å²) < 4.78 is 27.0. The number of hydrogen-bond acceptors (Lipinski definition) is 4. The lowest BCUT2D eigenvalue weighted by molar-refractivity contribution is -0.125. The third-order valence-corrected chi connectivity index (χ3v) is 8.03. The molecule has 1 N–H and O–H groups in total. The molecule has 0 bridgehead atoms. The second-order valence-corrected chi connectivity index (χ2v) is 10.5. The van der Waals surface area contributed by atoms with E-state index in [1.165, 1.54) is 9.87 Å². The van der Waals surface area contributed by atoms with Gasteiger partial charge in [-0.2, -0.15) is 16.1 Å². The van der Waals surface area contributed by atoms with Crippen LogP contribution in [0.3, 0.4) is 0 Å². The number of thioether (sulfide) groups is 1. The lowest BCUT2D eigenvalue weighted by Crippen LogP contribution is -2.45. The van der Waals surface area contributed by atoms with Crippen molar-refractivity contribution in [3.63, 3.8) is 0 Å². The highest BCUT2D eigenvalue weighted by atomic mass is 35.5. The number of nitrogens with one attached hydrogen (secondary N) is 1. The molecular formula is C21H25ClN2O3S2. The van der Waals surface area contributed by atoms with Gasteiger partial charge in [0.1, 0.15) is 0 Å². The molecule has 1 heterocycles. The number of benzene rings is 2. The Morgan fingerprint density at radius 2 is 1.86 bits per heavy atom. The van der Waals surface area contributed by atoms with Gasteiger partial charge in [0, 0.05) is 36.2 Å². The van der Waals surface area contributed by atoms with Crippen LogP contribution in [0.4, 0.5) is 0 Å². The van der Waals surface area contributed by atoms with Crippen molar-refractivity contribution >= 4 is 39.3 Å². The topological polar surface area (TPSA) is 66.5 Å². The zero-order valence-corrected chi connectivity index (χ0v) is 18.5. The predicted molar refractivity (Wildman–Crippen MR) is 119 cm³/mol. The van der Waals surface area contributed by atoms with Gasteiger partial charge in [0.25, 0.3) is 0 Å². The van der Waals surface area contributed by atoms with Crippen LogP contribution in [0.1, 0.15) is 18.4 Å². The number of amides is 1. The Hall–Kier alpha value is -1.54. The van der Waals surface area contributed by atoms with Gasteiger partial charge in [-0.1, -0.05) is 41.9 Å². The molecule has 8 heteroatoms. The maximum Gasteiger partial charge on any atom is 0.243 e. The number of carbonyl (C=O) groups is 1. The highest BCUT2D eigenvalue weighted by Crippen LogP contribution is 2.24. The summed E-state index contributed by atoms with van der Waals surface area (Å²) in [6, 6.07) is 16.1. The molecule has 156 valence electrons. The van der Waals surface area contributed by atoms with E-state index >= 15 is 0 Å². The number of nitrogens with zero attached hydrogens (tertiary/aromatic N) is 1. The summed E-state index contributed by atoms with van der Waals surface area (Å²) in [5.41, 5.74) is 1.19. The maximum atomic E-state index is 12.8. The molecule has 1 aliphatic rings. The quantitative estimate of drug-likeness (QED) is 0.619. The molecule has 0 spiro atoms. The summed E-state index contributed by atoms with van der Waals surface area (Å²) in [5.74, 6) is 1.29. The summed E-state index contributed by atoms with van der Waals surface area (Å²) in [4.78, 5) is 12.8. The van der Waals surface area contributed by atoms with Gasteiger partial charge in [-0.15, -0.1) is 0 Å². The van der Waals surface area contributed by atoms with E-state index in [4.69, 9.17) is 11.6 Å². The number of hydrogen-bond donors (Lipinski definition) is 1. The van der Waals surface area contributed by atoms with E-state index < -0.39 is 10.0 Å². The third kappa shape index (κ3) is 6.22. The van der Waals surface area contributed by atoms with E-state index in [-0.39, 0.29) is 23.3 Å². The van der Waals surface area contributed by atoms with E-state index in [0.29, 0.717) is 25.9 Å². The first-order chi connectivity index (χ1) is 14.0. The van der Waals surface area contributed by atoms with Crippen molar-refractivity contribution in [2.45, 2.75) is 23.5 Å². The molecule has 2 aromatic rings. The fourth-order valence-corrected chi connectivity index (χ4v) is 5.77. The number of piperidine rings is 1. The van der Waals surface area contributed by atoms with E-state index in [1.807, 2.05) is 24.3 Å². The Labute approximate surface area is 181 Å². The fraction of sp³-hybridized carbons (Fsp3) is 0.381. The summed E-state index contributed by atoms with van der Waals surface area (Å²) in [7, 11) is -3.55. The molecule has 0 aromatic heterocycles. The molecule has 5 nitrogen and oxygen atoms in total. The first kappa shape index (κ1) is 22.2. The Balaban J connectivity index is 1.44. The van der Waals surface area contributed by atoms with Crippen molar-refractivity contribution in [2.75, 3.05) is 25.4 Å². The van der Waals surface area contributed by atoms with Crippen molar-refractivity contribution in [2.24, 2.45) is 5.92 Å².